The van der Waals surface area contributed by atoms with E-state index in [2.05, 4.69) is 0 Å². The van der Waals surface area contributed by atoms with Gasteiger partial charge in [-0.15, -0.1) is 0 Å². The van der Waals surface area contributed by atoms with Crippen molar-refractivity contribution in [3.63, 3.8) is 0 Å². The molecule has 0 bridgehead atoms. The average Bonchev–Trinajstić information content (AvgIpc) is 2.61. The predicted molar refractivity (Wildman–Crippen MR) is 88.8 cm³/mol. The summed E-state index contributed by atoms with van der Waals surface area (Å²) in [4.78, 5) is 35.4. The molecule has 6 nitrogen and oxygen atoms in total. The zero-order chi connectivity index (χ0) is 18.0. The number of carbonyl (C=O) groups is 3. The number of esters is 2. The summed E-state index contributed by atoms with van der Waals surface area (Å²) in [5.74, 6) is -1.82. The maximum absolute atomic E-state index is 12.2. The summed E-state index contributed by atoms with van der Waals surface area (Å²) in [6.07, 6.45) is -0.972. The summed E-state index contributed by atoms with van der Waals surface area (Å²) in [5, 5.41) is 0. The fraction of sp³-hybridized carbons (Fsp3) is 0.211. The van der Waals surface area contributed by atoms with Crippen molar-refractivity contribution in [1.29, 1.82) is 0 Å². The number of rotatable bonds is 4. The van der Waals surface area contributed by atoms with Crippen LogP contribution in [0.15, 0.2) is 48.5 Å². The van der Waals surface area contributed by atoms with Crippen LogP contribution in [0.4, 0.5) is 0 Å². The number of hydrogen-bond donors (Lipinski definition) is 1. The van der Waals surface area contributed by atoms with Gasteiger partial charge in [0.1, 0.15) is 6.10 Å². The molecule has 0 saturated carbocycles. The Labute approximate surface area is 144 Å². The summed E-state index contributed by atoms with van der Waals surface area (Å²) < 4.78 is 10.5. The van der Waals surface area contributed by atoms with E-state index in [1.165, 1.54) is 19.1 Å². The highest BCUT2D eigenvalue weighted by molar-refractivity contribution is 5.96. The fourth-order valence-electron chi connectivity index (χ4n) is 2.66. The van der Waals surface area contributed by atoms with Crippen molar-refractivity contribution in [2.24, 2.45) is 5.73 Å². The van der Waals surface area contributed by atoms with E-state index in [9.17, 15) is 14.4 Å². The van der Waals surface area contributed by atoms with Crippen LogP contribution in [0.3, 0.4) is 0 Å². The van der Waals surface area contributed by atoms with Crippen molar-refractivity contribution in [2.45, 2.75) is 25.6 Å². The summed E-state index contributed by atoms with van der Waals surface area (Å²) in [6, 6.07) is 14.0. The van der Waals surface area contributed by atoms with Gasteiger partial charge in [0, 0.05) is 6.42 Å². The molecule has 1 aliphatic rings. The number of ether oxygens (including phenoxy) is 2. The number of carbonyl (C=O) groups excluding carboxylic acids is 3. The number of benzene rings is 2. The highest BCUT2D eigenvalue weighted by Crippen LogP contribution is 2.31. The van der Waals surface area contributed by atoms with Crippen molar-refractivity contribution in [1.82, 2.24) is 0 Å². The monoisotopic (exact) mass is 339 g/mol. The molecule has 2 atom stereocenters. The molecule has 128 valence electrons. The first kappa shape index (κ1) is 16.7. The van der Waals surface area contributed by atoms with E-state index in [1.54, 1.807) is 6.07 Å². The molecule has 0 fully saturated rings. The fourth-order valence-corrected chi connectivity index (χ4v) is 2.66. The van der Waals surface area contributed by atoms with Crippen LogP contribution in [0.2, 0.25) is 0 Å². The highest BCUT2D eigenvalue weighted by Gasteiger charge is 2.28. The summed E-state index contributed by atoms with van der Waals surface area (Å²) in [7, 11) is 0. The van der Waals surface area contributed by atoms with E-state index < -0.39 is 30.1 Å². The van der Waals surface area contributed by atoms with Crippen molar-refractivity contribution in [3.05, 3.63) is 70.8 Å². The van der Waals surface area contributed by atoms with Crippen LogP contribution in [0, 0.1) is 0 Å². The number of primary amides is 1. The molecule has 1 amide bonds. The third-order valence-electron chi connectivity index (χ3n) is 4.07. The van der Waals surface area contributed by atoms with Crippen LogP contribution in [0.5, 0.6) is 0 Å². The first-order valence-corrected chi connectivity index (χ1v) is 7.85. The Bertz CT molecular complexity index is 831. The van der Waals surface area contributed by atoms with Gasteiger partial charge in [0.15, 0.2) is 6.10 Å². The molecule has 0 aromatic heterocycles. The van der Waals surface area contributed by atoms with Crippen molar-refractivity contribution in [2.75, 3.05) is 0 Å². The van der Waals surface area contributed by atoms with Gasteiger partial charge < -0.3 is 15.2 Å². The second-order valence-corrected chi connectivity index (χ2v) is 5.83. The lowest BCUT2D eigenvalue weighted by molar-refractivity contribution is -0.125. The molecule has 25 heavy (non-hydrogen) atoms. The van der Waals surface area contributed by atoms with Crippen LogP contribution in [0.25, 0.3) is 0 Å². The smallest absolute Gasteiger partial charge is 0.339 e. The van der Waals surface area contributed by atoms with Gasteiger partial charge >= 0.3 is 11.9 Å². The van der Waals surface area contributed by atoms with Gasteiger partial charge in [-0.3, -0.25) is 4.79 Å². The first-order valence-electron chi connectivity index (χ1n) is 7.85. The van der Waals surface area contributed by atoms with Crippen LogP contribution in [-0.2, 0) is 20.7 Å². The van der Waals surface area contributed by atoms with E-state index in [4.69, 9.17) is 15.2 Å². The second kappa shape index (κ2) is 6.76. The topological polar surface area (TPSA) is 95.7 Å². The molecule has 6 heteroatoms. The minimum absolute atomic E-state index is 0.258. The van der Waals surface area contributed by atoms with E-state index in [0.717, 1.165) is 5.56 Å². The van der Waals surface area contributed by atoms with Gasteiger partial charge in [-0.1, -0.05) is 30.3 Å². The maximum atomic E-state index is 12.2. The Kier molecular flexibility index (Phi) is 4.52. The maximum Gasteiger partial charge on any atom is 0.339 e. The molecule has 2 aromatic carbocycles. The molecule has 0 spiro atoms. The lowest BCUT2D eigenvalue weighted by Gasteiger charge is -2.25. The number of hydrogen-bond acceptors (Lipinski definition) is 5. The van der Waals surface area contributed by atoms with Gasteiger partial charge in [0.25, 0.3) is 5.91 Å². The van der Waals surface area contributed by atoms with Gasteiger partial charge in [-0.2, -0.15) is 0 Å². The largest absolute Gasteiger partial charge is 0.454 e. The van der Waals surface area contributed by atoms with Crippen molar-refractivity contribution >= 4 is 17.8 Å². The standard InChI is InChI=1S/C19H17NO5/c1-11(17(20)21)24-18(22)13-7-8-15-14(9-13)10-16(25-19(15)23)12-5-3-2-4-6-12/h2-9,11,16H,10H2,1H3,(H2,20,21)/t11-,16+/m0/s1. The van der Waals surface area contributed by atoms with Crippen LogP contribution in [0.1, 0.15) is 44.9 Å². The zero-order valence-electron chi connectivity index (χ0n) is 13.6. The second-order valence-electron chi connectivity index (χ2n) is 5.83. The zero-order valence-corrected chi connectivity index (χ0v) is 13.6. The quantitative estimate of drug-likeness (QED) is 0.861. The Balaban J connectivity index is 1.85. The molecule has 3 rings (SSSR count). The summed E-state index contributed by atoms with van der Waals surface area (Å²) in [6.45, 7) is 1.40. The minimum Gasteiger partial charge on any atom is -0.454 e. The van der Waals surface area contributed by atoms with Gasteiger partial charge in [0.05, 0.1) is 11.1 Å². The van der Waals surface area contributed by atoms with Gasteiger partial charge in [-0.05, 0) is 36.2 Å². The highest BCUT2D eigenvalue weighted by atomic mass is 16.5. The number of fused-ring (bicyclic) bond motifs is 1. The molecule has 1 heterocycles. The Morgan fingerprint density at radius 2 is 1.92 bits per heavy atom. The Morgan fingerprint density at radius 1 is 1.20 bits per heavy atom. The summed E-state index contributed by atoms with van der Waals surface area (Å²) >= 11 is 0. The van der Waals surface area contributed by atoms with Crippen LogP contribution < -0.4 is 5.73 Å². The van der Waals surface area contributed by atoms with E-state index in [-0.39, 0.29) is 5.56 Å². The van der Waals surface area contributed by atoms with E-state index in [1.807, 2.05) is 30.3 Å². The molecule has 2 aromatic rings. The van der Waals surface area contributed by atoms with Crippen LogP contribution >= 0.6 is 0 Å². The Hall–Kier alpha value is -3.15. The predicted octanol–water partition coefficient (Wildman–Crippen LogP) is 2.17. The SMILES string of the molecule is C[C@H](OC(=O)c1ccc2c(c1)C[C@H](c1ccccc1)OC2=O)C(N)=O. The molecule has 0 radical (unpaired) electrons. The molecular weight excluding hydrogens is 322 g/mol. The van der Waals surface area contributed by atoms with Gasteiger partial charge in [-0.25, -0.2) is 9.59 Å². The molecule has 0 aliphatic carbocycles. The lowest BCUT2D eigenvalue weighted by Crippen LogP contribution is -2.30. The molecule has 0 saturated heterocycles. The third kappa shape index (κ3) is 3.52. The average molecular weight is 339 g/mol. The molecule has 0 unspecified atom stereocenters. The van der Waals surface area contributed by atoms with E-state index in [0.29, 0.717) is 17.5 Å². The first-order chi connectivity index (χ1) is 12.0. The number of nitrogens with two attached hydrogens (primary N) is 1. The van der Waals surface area contributed by atoms with Crippen LogP contribution in [-0.4, -0.2) is 23.9 Å². The normalized spacial score (nSPS) is 17.2. The van der Waals surface area contributed by atoms with Gasteiger partial charge in [0.2, 0.25) is 0 Å². The third-order valence-corrected chi connectivity index (χ3v) is 4.07. The number of cyclic esters (lactones) is 1. The molecule has 2 N–H and O–H groups in total. The summed E-state index contributed by atoms with van der Waals surface area (Å²) in [5.41, 5.74) is 7.36. The van der Waals surface area contributed by atoms with Crippen molar-refractivity contribution in [3.8, 4) is 0 Å². The lowest BCUT2D eigenvalue weighted by atomic mass is 9.93. The van der Waals surface area contributed by atoms with E-state index >= 15 is 0 Å². The Morgan fingerprint density at radius 3 is 2.60 bits per heavy atom. The molecule has 1 aliphatic heterocycles. The molecular formula is C19H17NO5. The number of amides is 1. The minimum atomic E-state index is -1.02. The van der Waals surface area contributed by atoms with Crippen molar-refractivity contribution < 1.29 is 23.9 Å².